The van der Waals surface area contributed by atoms with E-state index in [1.54, 1.807) is 6.92 Å². The first-order chi connectivity index (χ1) is 11.3. The minimum atomic E-state index is -4.49. The molecule has 2 rings (SSSR count). The Labute approximate surface area is 136 Å². The van der Waals surface area contributed by atoms with Crippen LogP contribution in [0.25, 0.3) is 0 Å². The second-order valence-electron chi connectivity index (χ2n) is 5.04. The van der Waals surface area contributed by atoms with Crippen LogP contribution in [0.15, 0.2) is 48.5 Å². The second-order valence-corrected chi connectivity index (χ2v) is 5.04. The maximum Gasteiger partial charge on any atom is 0.416 e. The molecular formula is C17H15F4NO2. The minimum absolute atomic E-state index is 0.0241. The van der Waals surface area contributed by atoms with Crippen molar-refractivity contribution in [1.82, 2.24) is 0 Å². The van der Waals surface area contributed by atoms with Crippen LogP contribution < -0.4 is 10.1 Å². The summed E-state index contributed by atoms with van der Waals surface area (Å²) in [6.45, 7) is 1.69. The molecule has 24 heavy (non-hydrogen) atoms. The van der Waals surface area contributed by atoms with Crippen LogP contribution in [-0.2, 0) is 11.0 Å². The first-order valence-corrected chi connectivity index (χ1v) is 7.20. The highest BCUT2D eigenvalue weighted by molar-refractivity contribution is 5.94. The summed E-state index contributed by atoms with van der Waals surface area (Å²) in [5.74, 6) is -0.729. The number of anilines is 1. The zero-order valence-electron chi connectivity index (χ0n) is 12.7. The zero-order chi connectivity index (χ0) is 17.7. The van der Waals surface area contributed by atoms with Gasteiger partial charge in [0.2, 0.25) is 0 Å². The van der Waals surface area contributed by atoms with Crippen molar-refractivity contribution in [3.05, 3.63) is 59.9 Å². The van der Waals surface area contributed by atoms with Gasteiger partial charge < -0.3 is 10.1 Å². The Hall–Kier alpha value is -2.57. The van der Waals surface area contributed by atoms with E-state index in [1.807, 2.05) is 0 Å². The second kappa shape index (κ2) is 7.33. The Morgan fingerprint density at radius 2 is 1.83 bits per heavy atom. The topological polar surface area (TPSA) is 38.3 Å². The fraction of sp³-hybridized carbons (Fsp3) is 0.235. The van der Waals surface area contributed by atoms with Gasteiger partial charge in [-0.15, -0.1) is 0 Å². The fourth-order valence-corrected chi connectivity index (χ4v) is 2.00. The SMILES string of the molecule is CC[C@H](Oc1ccc(F)cc1)C(=O)Nc1cccc(C(F)(F)F)c1. The minimum Gasteiger partial charge on any atom is -0.481 e. The number of nitrogens with one attached hydrogen (secondary N) is 1. The summed E-state index contributed by atoms with van der Waals surface area (Å²) in [6.07, 6.45) is -5.11. The smallest absolute Gasteiger partial charge is 0.416 e. The molecule has 128 valence electrons. The molecule has 0 radical (unpaired) electrons. The first kappa shape index (κ1) is 17.8. The zero-order valence-corrected chi connectivity index (χ0v) is 12.7. The van der Waals surface area contributed by atoms with Crippen molar-refractivity contribution in [3.8, 4) is 5.75 Å². The molecule has 0 fully saturated rings. The van der Waals surface area contributed by atoms with Crippen molar-refractivity contribution in [2.24, 2.45) is 0 Å². The molecule has 0 spiro atoms. The summed E-state index contributed by atoms with van der Waals surface area (Å²) in [4.78, 5) is 12.2. The van der Waals surface area contributed by atoms with E-state index in [0.29, 0.717) is 12.2 Å². The van der Waals surface area contributed by atoms with Gasteiger partial charge in [-0.3, -0.25) is 4.79 Å². The normalized spacial score (nSPS) is 12.5. The van der Waals surface area contributed by atoms with E-state index in [0.717, 1.165) is 12.1 Å². The number of carbonyl (C=O) groups is 1. The summed E-state index contributed by atoms with van der Waals surface area (Å²) < 4.78 is 56.4. The number of amides is 1. The van der Waals surface area contributed by atoms with Crippen LogP contribution in [0.5, 0.6) is 5.75 Å². The maximum atomic E-state index is 12.9. The average Bonchev–Trinajstić information content (AvgIpc) is 2.53. The lowest BCUT2D eigenvalue weighted by atomic mass is 10.2. The van der Waals surface area contributed by atoms with Gasteiger partial charge in [-0.25, -0.2) is 4.39 Å². The lowest BCUT2D eigenvalue weighted by Crippen LogP contribution is -2.32. The van der Waals surface area contributed by atoms with Gasteiger partial charge in [0, 0.05) is 5.69 Å². The van der Waals surface area contributed by atoms with Crippen molar-refractivity contribution < 1.29 is 27.1 Å². The maximum absolute atomic E-state index is 12.9. The molecule has 7 heteroatoms. The van der Waals surface area contributed by atoms with Crippen LogP contribution in [0, 0.1) is 5.82 Å². The predicted octanol–water partition coefficient (Wildman–Crippen LogP) is 4.64. The van der Waals surface area contributed by atoms with Crippen LogP contribution in [0.1, 0.15) is 18.9 Å². The molecule has 0 unspecified atom stereocenters. The third-order valence-electron chi connectivity index (χ3n) is 3.21. The van der Waals surface area contributed by atoms with Gasteiger partial charge in [0.05, 0.1) is 5.56 Å². The number of alkyl halides is 3. The summed E-state index contributed by atoms with van der Waals surface area (Å²) in [5.41, 5.74) is -0.830. The highest BCUT2D eigenvalue weighted by Crippen LogP contribution is 2.30. The molecule has 1 N–H and O–H groups in total. The molecule has 0 heterocycles. The molecule has 3 nitrogen and oxygen atoms in total. The van der Waals surface area contributed by atoms with Gasteiger partial charge >= 0.3 is 6.18 Å². The number of carbonyl (C=O) groups excluding carboxylic acids is 1. The van der Waals surface area contributed by atoms with E-state index in [4.69, 9.17) is 4.74 Å². The number of halogens is 4. The number of rotatable bonds is 5. The fourth-order valence-electron chi connectivity index (χ4n) is 2.00. The van der Waals surface area contributed by atoms with Crippen molar-refractivity contribution in [3.63, 3.8) is 0 Å². The number of ether oxygens (including phenoxy) is 1. The lowest BCUT2D eigenvalue weighted by molar-refractivity contribution is -0.137. The van der Waals surface area contributed by atoms with Gasteiger partial charge in [0.1, 0.15) is 11.6 Å². The Bertz CT molecular complexity index is 698. The summed E-state index contributed by atoms with van der Waals surface area (Å²) >= 11 is 0. The van der Waals surface area contributed by atoms with E-state index >= 15 is 0 Å². The molecule has 1 atom stereocenters. The van der Waals surface area contributed by atoms with Gasteiger partial charge in [-0.1, -0.05) is 13.0 Å². The third-order valence-corrected chi connectivity index (χ3v) is 3.21. The van der Waals surface area contributed by atoms with Gasteiger partial charge in [0.15, 0.2) is 6.10 Å². The van der Waals surface area contributed by atoms with Crippen LogP contribution in [0.2, 0.25) is 0 Å². The van der Waals surface area contributed by atoms with Crippen molar-refractivity contribution in [2.75, 3.05) is 5.32 Å². The number of hydrogen-bond donors (Lipinski definition) is 1. The predicted molar refractivity (Wildman–Crippen MR) is 81.2 cm³/mol. The summed E-state index contributed by atoms with van der Waals surface area (Å²) in [7, 11) is 0. The molecule has 0 aromatic heterocycles. The van der Waals surface area contributed by atoms with Crippen molar-refractivity contribution >= 4 is 11.6 Å². The number of hydrogen-bond acceptors (Lipinski definition) is 2. The van der Waals surface area contributed by atoms with Gasteiger partial charge in [0.25, 0.3) is 5.91 Å². The van der Waals surface area contributed by atoms with Crippen molar-refractivity contribution in [2.45, 2.75) is 25.6 Å². The molecule has 0 aliphatic rings. The van der Waals surface area contributed by atoms with E-state index in [9.17, 15) is 22.4 Å². The van der Waals surface area contributed by atoms with E-state index in [2.05, 4.69) is 5.32 Å². The summed E-state index contributed by atoms with van der Waals surface area (Å²) in [6, 6.07) is 9.45. The molecule has 0 saturated heterocycles. The van der Waals surface area contributed by atoms with Crippen LogP contribution in [-0.4, -0.2) is 12.0 Å². The molecule has 2 aromatic carbocycles. The highest BCUT2D eigenvalue weighted by Gasteiger charge is 2.30. The quantitative estimate of drug-likeness (QED) is 0.805. The van der Waals surface area contributed by atoms with Gasteiger partial charge in [-0.05, 0) is 48.9 Å². The standard InChI is InChI=1S/C17H15F4NO2/c1-2-15(24-14-8-6-12(18)7-9-14)16(23)22-13-5-3-4-11(10-13)17(19,20)21/h3-10,15H,2H2,1H3,(H,22,23)/t15-/m0/s1. The summed E-state index contributed by atoms with van der Waals surface area (Å²) in [5, 5.41) is 2.40. The Kier molecular flexibility index (Phi) is 5.43. The lowest BCUT2D eigenvalue weighted by Gasteiger charge is -2.18. The van der Waals surface area contributed by atoms with Crippen LogP contribution in [0.4, 0.5) is 23.2 Å². The Morgan fingerprint density at radius 3 is 2.42 bits per heavy atom. The number of benzene rings is 2. The Morgan fingerprint density at radius 1 is 1.17 bits per heavy atom. The van der Waals surface area contributed by atoms with E-state index in [-0.39, 0.29) is 5.69 Å². The molecule has 0 saturated carbocycles. The molecule has 2 aromatic rings. The van der Waals surface area contributed by atoms with Gasteiger partial charge in [-0.2, -0.15) is 13.2 Å². The van der Waals surface area contributed by atoms with Crippen LogP contribution in [0.3, 0.4) is 0 Å². The van der Waals surface area contributed by atoms with E-state index in [1.165, 1.54) is 36.4 Å². The molecule has 1 amide bonds. The monoisotopic (exact) mass is 341 g/mol. The van der Waals surface area contributed by atoms with Crippen LogP contribution >= 0.6 is 0 Å². The highest BCUT2D eigenvalue weighted by atomic mass is 19.4. The Balaban J connectivity index is 2.08. The average molecular weight is 341 g/mol. The van der Waals surface area contributed by atoms with Crippen molar-refractivity contribution in [1.29, 1.82) is 0 Å². The molecule has 0 bridgehead atoms. The molecular weight excluding hydrogens is 326 g/mol. The molecule has 0 aliphatic carbocycles. The largest absolute Gasteiger partial charge is 0.481 e. The van der Waals surface area contributed by atoms with E-state index < -0.39 is 29.6 Å². The molecule has 0 aliphatic heterocycles. The third kappa shape index (κ3) is 4.71. The first-order valence-electron chi connectivity index (χ1n) is 7.20.